The molecule has 1 aliphatic heterocycles. The van der Waals surface area contributed by atoms with Gasteiger partial charge in [-0.1, -0.05) is 26.0 Å². The second-order valence-electron chi connectivity index (χ2n) is 7.40. The second-order valence-corrected chi connectivity index (χ2v) is 7.40. The van der Waals surface area contributed by atoms with Crippen LogP contribution in [0.15, 0.2) is 42.5 Å². The predicted molar refractivity (Wildman–Crippen MR) is 102 cm³/mol. The van der Waals surface area contributed by atoms with Gasteiger partial charge in [0.1, 0.15) is 17.4 Å². The van der Waals surface area contributed by atoms with Crippen LogP contribution in [0.3, 0.4) is 0 Å². The minimum Gasteiger partial charge on any atom is -0.507 e. The Morgan fingerprint density at radius 1 is 1.04 bits per heavy atom. The molecule has 0 radical (unpaired) electrons. The fourth-order valence-corrected chi connectivity index (χ4v) is 3.94. The Hall–Kier alpha value is -2.69. The van der Waals surface area contributed by atoms with Gasteiger partial charge in [0.2, 0.25) is 0 Å². The molecule has 2 atom stereocenters. The highest BCUT2D eigenvalue weighted by atomic mass is 19.1. The Morgan fingerprint density at radius 2 is 1.77 bits per heavy atom. The molecule has 1 saturated heterocycles. The van der Waals surface area contributed by atoms with Crippen LogP contribution < -0.4 is 4.90 Å². The highest BCUT2D eigenvalue weighted by Gasteiger charge is 2.25. The van der Waals surface area contributed by atoms with Gasteiger partial charge in [-0.15, -0.1) is 0 Å². The van der Waals surface area contributed by atoms with Gasteiger partial charge >= 0.3 is 0 Å². The number of para-hydroxylation sites is 1. The number of nitrogens with zero attached hydrogens (tertiary/aromatic N) is 3. The molecule has 0 aliphatic carbocycles. The van der Waals surface area contributed by atoms with Gasteiger partial charge in [0, 0.05) is 18.5 Å². The lowest BCUT2D eigenvalue weighted by atomic mass is 9.92. The van der Waals surface area contributed by atoms with E-state index in [1.165, 1.54) is 18.6 Å². The Labute approximate surface area is 152 Å². The zero-order valence-corrected chi connectivity index (χ0v) is 15.0. The molecular weight excluding hydrogens is 329 g/mol. The lowest BCUT2D eigenvalue weighted by Gasteiger charge is -2.36. The number of halogens is 1. The minimum absolute atomic E-state index is 0.139. The van der Waals surface area contributed by atoms with E-state index in [9.17, 15) is 9.50 Å². The van der Waals surface area contributed by atoms with Gasteiger partial charge < -0.3 is 10.0 Å². The molecule has 5 heteroatoms. The van der Waals surface area contributed by atoms with Crippen molar-refractivity contribution < 1.29 is 9.50 Å². The van der Waals surface area contributed by atoms with Crippen molar-refractivity contribution in [3.8, 4) is 17.1 Å². The minimum atomic E-state index is -0.296. The van der Waals surface area contributed by atoms with Crippen molar-refractivity contribution in [2.75, 3.05) is 18.0 Å². The summed E-state index contributed by atoms with van der Waals surface area (Å²) in [7, 11) is 0. The smallest absolute Gasteiger partial charge is 0.165 e. The van der Waals surface area contributed by atoms with Crippen LogP contribution in [0.1, 0.15) is 20.3 Å². The maximum absolute atomic E-state index is 13.9. The molecule has 1 aromatic heterocycles. The molecule has 0 saturated carbocycles. The third kappa shape index (κ3) is 3.09. The molecule has 2 heterocycles. The van der Waals surface area contributed by atoms with Crippen LogP contribution in [-0.2, 0) is 0 Å². The first-order valence-electron chi connectivity index (χ1n) is 9.02. The van der Waals surface area contributed by atoms with E-state index in [1.54, 1.807) is 24.3 Å². The van der Waals surface area contributed by atoms with E-state index >= 15 is 0 Å². The van der Waals surface area contributed by atoms with Crippen LogP contribution in [0.5, 0.6) is 5.75 Å². The molecule has 4 rings (SSSR count). The molecule has 0 spiro atoms. The molecule has 1 fully saturated rings. The quantitative estimate of drug-likeness (QED) is 0.732. The van der Waals surface area contributed by atoms with Crippen molar-refractivity contribution in [1.29, 1.82) is 0 Å². The zero-order valence-electron chi connectivity index (χ0n) is 15.0. The molecule has 2 unspecified atom stereocenters. The average molecular weight is 351 g/mol. The molecule has 1 aliphatic rings. The summed E-state index contributed by atoms with van der Waals surface area (Å²) in [6.45, 7) is 6.23. The Bertz CT molecular complexity index is 949. The van der Waals surface area contributed by atoms with E-state index < -0.39 is 0 Å². The molecule has 2 aromatic carbocycles. The maximum atomic E-state index is 13.9. The molecule has 0 amide bonds. The highest BCUT2D eigenvalue weighted by Crippen LogP contribution is 2.34. The number of aromatic hydroxyl groups is 1. The Balaban J connectivity index is 1.92. The topological polar surface area (TPSA) is 49.2 Å². The van der Waals surface area contributed by atoms with Gasteiger partial charge in [0.15, 0.2) is 5.82 Å². The number of phenols is 1. The Morgan fingerprint density at radius 3 is 2.50 bits per heavy atom. The van der Waals surface area contributed by atoms with E-state index in [2.05, 4.69) is 23.7 Å². The first kappa shape index (κ1) is 16.8. The van der Waals surface area contributed by atoms with Gasteiger partial charge in [-0.05, 0) is 48.6 Å². The largest absolute Gasteiger partial charge is 0.507 e. The zero-order chi connectivity index (χ0) is 18.3. The number of fused-ring (bicyclic) bond motifs is 1. The maximum Gasteiger partial charge on any atom is 0.165 e. The number of aromatic nitrogens is 2. The molecule has 3 aromatic rings. The van der Waals surface area contributed by atoms with Crippen molar-refractivity contribution in [1.82, 2.24) is 9.97 Å². The number of anilines is 1. The normalized spacial score (nSPS) is 20.5. The van der Waals surface area contributed by atoms with E-state index in [0.717, 1.165) is 18.9 Å². The monoisotopic (exact) mass is 351 g/mol. The van der Waals surface area contributed by atoms with E-state index in [1.807, 2.05) is 6.07 Å². The van der Waals surface area contributed by atoms with E-state index in [4.69, 9.17) is 4.98 Å². The molecule has 4 nitrogen and oxygen atoms in total. The number of hydrogen-bond acceptors (Lipinski definition) is 4. The van der Waals surface area contributed by atoms with Crippen LogP contribution in [0, 0.1) is 17.7 Å². The van der Waals surface area contributed by atoms with Crippen molar-refractivity contribution in [2.45, 2.75) is 20.3 Å². The Kier molecular flexibility index (Phi) is 4.23. The summed E-state index contributed by atoms with van der Waals surface area (Å²) in [6.07, 6.45) is 1.18. The average Bonchev–Trinajstić information content (AvgIpc) is 2.60. The number of phenolic OH excluding ortho intramolecular Hbond substituents is 1. The molecule has 1 N–H and O–H groups in total. The lowest BCUT2D eigenvalue weighted by Crippen LogP contribution is -2.39. The molecule has 0 bridgehead atoms. The summed E-state index contributed by atoms with van der Waals surface area (Å²) in [5, 5.41) is 10.9. The lowest BCUT2D eigenvalue weighted by molar-refractivity contribution is 0.356. The first-order chi connectivity index (χ1) is 12.5. The van der Waals surface area contributed by atoms with Gasteiger partial charge in [-0.25, -0.2) is 14.4 Å². The van der Waals surface area contributed by atoms with Gasteiger partial charge in [-0.2, -0.15) is 0 Å². The van der Waals surface area contributed by atoms with Gasteiger partial charge in [0.25, 0.3) is 0 Å². The predicted octanol–water partition coefficient (Wildman–Crippen LogP) is 4.62. The summed E-state index contributed by atoms with van der Waals surface area (Å²) in [5.74, 6) is 2.14. The standard InChI is InChI=1S/C21H22FN3O/c1-13-9-14(2)12-25(11-13)21-17-10-15(22)7-8-18(17)23-20(24-21)16-5-3-4-6-19(16)26/h3-8,10,13-14,26H,9,11-12H2,1-2H3. The van der Waals surface area contributed by atoms with Gasteiger partial charge in [0.05, 0.1) is 11.1 Å². The molecular formula is C21H22FN3O. The van der Waals surface area contributed by atoms with Crippen molar-refractivity contribution in [3.63, 3.8) is 0 Å². The summed E-state index contributed by atoms with van der Waals surface area (Å²) >= 11 is 0. The van der Waals surface area contributed by atoms with E-state index in [-0.39, 0.29) is 11.6 Å². The molecule has 26 heavy (non-hydrogen) atoms. The number of rotatable bonds is 2. The number of benzene rings is 2. The summed E-state index contributed by atoms with van der Waals surface area (Å²) < 4.78 is 13.9. The summed E-state index contributed by atoms with van der Waals surface area (Å²) in [4.78, 5) is 11.6. The number of hydrogen-bond donors (Lipinski definition) is 1. The fourth-order valence-electron chi connectivity index (χ4n) is 3.94. The van der Waals surface area contributed by atoms with Crippen molar-refractivity contribution >= 4 is 16.7 Å². The van der Waals surface area contributed by atoms with Crippen LogP contribution in [0.4, 0.5) is 10.2 Å². The van der Waals surface area contributed by atoms with Crippen LogP contribution >= 0.6 is 0 Å². The van der Waals surface area contributed by atoms with Gasteiger partial charge in [-0.3, -0.25) is 0 Å². The van der Waals surface area contributed by atoms with Crippen LogP contribution in [0.2, 0.25) is 0 Å². The molecule has 134 valence electrons. The summed E-state index contributed by atoms with van der Waals surface area (Å²) in [6, 6.07) is 11.6. The SMILES string of the molecule is CC1CC(C)CN(c2nc(-c3ccccc3O)nc3ccc(F)cc23)C1. The third-order valence-electron chi connectivity index (χ3n) is 4.95. The van der Waals surface area contributed by atoms with Crippen molar-refractivity contribution in [2.24, 2.45) is 11.8 Å². The third-order valence-corrected chi connectivity index (χ3v) is 4.95. The fraction of sp³-hybridized carbons (Fsp3) is 0.333. The van der Waals surface area contributed by atoms with Crippen LogP contribution in [-0.4, -0.2) is 28.2 Å². The summed E-state index contributed by atoms with van der Waals surface area (Å²) in [5.41, 5.74) is 1.26. The van der Waals surface area contributed by atoms with Crippen molar-refractivity contribution in [3.05, 3.63) is 48.3 Å². The van der Waals surface area contributed by atoms with Crippen LogP contribution in [0.25, 0.3) is 22.3 Å². The number of piperidine rings is 1. The highest BCUT2D eigenvalue weighted by molar-refractivity contribution is 5.91. The van der Waals surface area contributed by atoms with E-state index in [0.29, 0.717) is 34.1 Å². The second kappa shape index (κ2) is 6.56. The first-order valence-corrected chi connectivity index (χ1v) is 9.02.